The zero-order chi connectivity index (χ0) is 13.8. The van der Waals surface area contributed by atoms with Gasteiger partial charge in [-0.1, -0.05) is 11.6 Å². The average molecular weight is 258 g/mol. The molecule has 0 saturated heterocycles. The zero-order valence-electron chi connectivity index (χ0n) is 11.7. The molecule has 2 aromatic rings. The number of aryl methyl sites for hydroxylation is 1. The highest BCUT2D eigenvalue weighted by molar-refractivity contribution is 5.77. The van der Waals surface area contributed by atoms with Gasteiger partial charge in [-0.2, -0.15) is 0 Å². The maximum absolute atomic E-state index is 5.43. The summed E-state index contributed by atoms with van der Waals surface area (Å²) in [4.78, 5) is 0. The number of hydrogen-bond acceptors (Lipinski definition) is 3. The molecule has 0 unspecified atom stereocenters. The third kappa shape index (κ3) is 2.65. The summed E-state index contributed by atoms with van der Waals surface area (Å²) >= 11 is 0. The molecule has 0 aliphatic carbocycles. The van der Waals surface area contributed by atoms with Crippen LogP contribution in [0.2, 0.25) is 0 Å². The average Bonchev–Trinajstić information content (AvgIpc) is 2.46. The second-order valence-electron chi connectivity index (χ2n) is 4.27. The van der Waals surface area contributed by atoms with Gasteiger partial charge < -0.3 is 14.2 Å². The van der Waals surface area contributed by atoms with E-state index in [-0.39, 0.29) is 0 Å². The van der Waals surface area contributed by atoms with Crippen molar-refractivity contribution in [1.29, 1.82) is 0 Å². The summed E-state index contributed by atoms with van der Waals surface area (Å²) in [7, 11) is 4.98. The number of hydrogen-bond donors (Lipinski definition) is 0. The summed E-state index contributed by atoms with van der Waals surface area (Å²) < 4.78 is 16.1. The Kier molecular flexibility index (Phi) is 3.95. The van der Waals surface area contributed by atoms with Gasteiger partial charge in [-0.25, -0.2) is 0 Å². The first kappa shape index (κ1) is 13.3. The van der Waals surface area contributed by atoms with Crippen LogP contribution in [0.15, 0.2) is 36.4 Å². The van der Waals surface area contributed by atoms with Crippen molar-refractivity contribution in [2.45, 2.75) is 6.92 Å². The van der Waals surface area contributed by atoms with E-state index < -0.39 is 0 Å². The molecule has 0 spiro atoms. The predicted octanol–water partition coefficient (Wildman–Crippen LogP) is 3.69. The molecule has 0 saturated carbocycles. The summed E-state index contributed by atoms with van der Waals surface area (Å²) in [5.41, 5.74) is 3.13. The maximum atomic E-state index is 5.43. The Morgan fingerprint density at radius 2 is 1.26 bits per heavy atom. The first-order valence-electron chi connectivity index (χ1n) is 6.06. The molecular weight excluding hydrogens is 240 g/mol. The van der Waals surface area contributed by atoms with Crippen LogP contribution in [0.3, 0.4) is 0 Å². The normalized spacial score (nSPS) is 10.1. The first-order chi connectivity index (χ1) is 9.19. The number of ether oxygens (including phenoxy) is 3. The van der Waals surface area contributed by atoms with E-state index in [0.29, 0.717) is 0 Å². The molecule has 2 rings (SSSR count). The lowest BCUT2D eigenvalue weighted by atomic mass is 10.0. The third-order valence-electron chi connectivity index (χ3n) is 3.05. The Bertz CT molecular complexity index is 576. The minimum absolute atomic E-state index is 0.791. The van der Waals surface area contributed by atoms with Gasteiger partial charge in [-0.05, 0) is 37.3 Å². The molecule has 19 heavy (non-hydrogen) atoms. The zero-order valence-corrected chi connectivity index (χ0v) is 11.7. The van der Waals surface area contributed by atoms with Crippen LogP contribution in [-0.2, 0) is 0 Å². The Morgan fingerprint density at radius 3 is 1.84 bits per heavy atom. The summed E-state index contributed by atoms with van der Waals surface area (Å²) in [5, 5.41) is 0. The predicted molar refractivity (Wildman–Crippen MR) is 76.3 cm³/mol. The van der Waals surface area contributed by atoms with Crippen LogP contribution in [0.25, 0.3) is 11.1 Å². The molecule has 0 N–H and O–H groups in total. The minimum atomic E-state index is 0.791. The summed E-state index contributed by atoms with van der Waals surface area (Å²) in [5.74, 6) is 2.40. The standard InChI is InChI=1S/C16H18O3/c1-11-5-7-15(18-3)13(9-11)14-10-12(17-2)6-8-16(14)19-4/h5-10H,1-4H3. The van der Waals surface area contributed by atoms with Crippen LogP contribution in [0.4, 0.5) is 0 Å². The highest BCUT2D eigenvalue weighted by Crippen LogP contribution is 2.38. The number of methoxy groups -OCH3 is 3. The number of rotatable bonds is 4. The van der Waals surface area contributed by atoms with Gasteiger partial charge in [0.2, 0.25) is 0 Å². The SMILES string of the molecule is COc1ccc(OC)c(-c2cc(C)ccc2OC)c1. The Labute approximate surface area is 113 Å². The summed E-state index contributed by atoms with van der Waals surface area (Å²) in [6.45, 7) is 2.05. The monoisotopic (exact) mass is 258 g/mol. The Morgan fingerprint density at radius 1 is 0.684 bits per heavy atom. The molecular formula is C16H18O3. The minimum Gasteiger partial charge on any atom is -0.497 e. The van der Waals surface area contributed by atoms with E-state index in [0.717, 1.165) is 28.4 Å². The van der Waals surface area contributed by atoms with Crippen molar-refractivity contribution in [3.8, 4) is 28.4 Å². The van der Waals surface area contributed by atoms with E-state index in [2.05, 4.69) is 13.0 Å². The molecule has 2 aromatic carbocycles. The fourth-order valence-corrected chi connectivity index (χ4v) is 2.06. The van der Waals surface area contributed by atoms with E-state index in [9.17, 15) is 0 Å². The molecule has 3 heteroatoms. The summed E-state index contributed by atoms with van der Waals surface area (Å²) in [6.07, 6.45) is 0. The molecule has 0 atom stereocenters. The van der Waals surface area contributed by atoms with Gasteiger partial charge in [0.25, 0.3) is 0 Å². The van der Waals surface area contributed by atoms with E-state index in [1.807, 2.05) is 30.3 Å². The third-order valence-corrected chi connectivity index (χ3v) is 3.05. The maximum Gasteiger partial charge on any atom is 0.127 e. The summed E-state index contributed by atoms with van der Waals surface area (Å²) in [6, 6.07) is 11.8. The first-order valence-corrected chi connectivity index (χ1v) is 6.06. The Balaban J connectivity index is 2.65. The van der Waals surface area contributed by atoms with Crippen LogP contribution in [-0.4, -0.2) is 21.3 Å². The second-order valence-corrected chi connectivity index (χ2v) is 4.27. The molecule has 0 aliphatic rings. The highest BCUT2D eigenvalue weighted by atomic mass is 16.5. The van der Waals surface area contributed by atoms with Crippen LogP contribution < -0.4 is 14.2 Å². The highest BCUT2D eigenvalue weighted by Gasteiger charge is 2.12. The lowest BCUT2D eigenvalue weighted by Gasteiger charge is -2.14. The van der Waals surface area contributed by atoms with Crippen molar-refractivity contribution < 1.29 is 14.2 Å². The van der Waals surface area contributed by atoms with Crippen LogP contribution in [0.5, 0.6) is 17.2 Å². The second kappa shape index (κ2) is 5.65. The van der Waals surface area contributed by atoms with Gasteiger partial charge in [0, 0.05) is 11.1 Å². The van der Waals surface area contributed by atoms with E-state index in [4.69, 9.17) is 14.2 Å². The van der Waals surface area contributed by atoms with Crippen molar-refractivity contribution in [1.82, 2.24) is 0 Å². The van der Waals surface area contributed by atoms with E-state index in [1.165, 1.54) is 5.56 Å². The van der Waals surface area contributed by atoms with Gasteiger partial charge in [-0.15, -0.1) is 0 Å². The molecule has 0 aromatic heterocycles. The van der Waals surface area contributed by atoms with Gasteiger partial charge >= 0.3 is 0 Å². The molecule has 3 nitrogen and oxygen atoms in total. The van der Waals surface area contributed by atoms with Gasteiger partial charge in [0.05, 0.1) is 21.3 Å². The lowest BCUT2D eigenvalue weighted by Crippen LogP contribution is -1.93. The van der Waals surface area contributed by atoms with Crippen molar-refractivity contribution in [3.63, 3.8) is 0 Å². The van der Waals surface area contributed by atoms with E-state index >= 15 is 0 Å². The molecule has 0 heterocycles. The molecule has 0 radical (unpaired) electrons. The molecule has 0 fully saturated rings. The van der Waals surface area contributed by atoms with Gasteiger partial charge in [-0.3, -0.25) is 0 Å². The quantitative estimate of drug-likeness (QED) is 0.837. The molecule has 100 valence electrons. The van der Waals surface area contributed by atoms with Crippen LogP contribution in [0.1, 0.15) is 5.56 Å². The van der Waals surface area contributed by atoms with Crippen molar-refractivity contribution in [3.05, 3.63) is 42.0 Å². The van der Waals surface area contributed by atoms with Crippen molar-refractivity contribution in [2.75, 3.05) is 21.3 Å². The van der Waals surface area contributed by atoms with Crippen molar-refractivity contribution >= 4 is 0 Å². The fraction of sp³-hybridized carbons (Fsp3) is 0.250. The van der Waals surface area contributed by atoms with Crippen LogP contribution in [0, 0.1) is 6.92 Å². The van der Waals surface area contributed by atoms with Crippen LogP contribution >= 0.6 is 0 Å². The van der Waals surface area contributed by atoms with Crippen molar-refractivity contribution in [2.24, 2.45) is 0 Å². The lowest BCUT2D eigenvalue weighted by molar-refractivity contribution is 0.402. The van der Waals surface area contributed by atoms with E-state index in [1.54, 1.807) is 21.3 Å². The number of benzene rings is 2. The smallest absolute Gasteiger partial charge is 0.127 e. The van der Waals surface area contributed by atoms with Gasteiger partial charge in [0.1, 0.15) is 17.2 Å². The van der Waals surface area contributed by atoms with Gasteiger partial charge in [0.15, 0.2) is 0 Å². The largest absolute Gasteiger partial charge is 0.497 e. The molecule has 0 amide bonds. The molecule has 0 bridgehead atoms. The topological polar surface area (TPSA) is 27.7 Å². The molecule has 0 aliphatic heterocycles. The fourth-order valence-electron chi connectivity index (χ4n) is 2.06. The Hall–Kier alpha value is -2.16.